The minimum Gasteiger partial charge on any atom is -0.497 e. The van der Waals surface area contributed by atoms with Crippen LogP contribution >= 0.6 is 0 Å². The topological polar surface area (TPSA) is 105 Å². The molecule has 0 aliphatic carbocycles. The van der Waals surface area contributed by atoms with Gasteiger partial charge in [-0.1, -0.05) is 38.1 Å². The van der Waals surface area contributed by atoms with E-state index in [1.165, 1.54) is 12.0 Å². The number of hydrogen-bond acceptors (Lipinski definition) is 6. The summed E-state index contributed by atoms with van der Waals surface area (Å²) in [6.07, 6.45) is 1.03. The van der Waals surface area contributed by atoms with Crippen LogP contribution in [-0.4, -0.2) is 64.7 Å². The van der Waals surface area contributed by atoms with Crippen LogP contribution in [0.25, 0.3) is 0 Å². The van der Waals surface area contributed by atoms with Crippen LogP contribution in [-0.2, 0) is 26.2 Å². The number of anilines is 1. The first kappa shape index (κ1) is 28.0. The number of para-hydroxylation sites is 2. The summed E-state index contributed by atoms with van der Waals surface area (Å²) >= 11 is 0. The van der Waals surface area contributed by atoms with Gasteiger partial charge < -0.3 is 19.7 Å². The fourth-order valence-electron chi connectivity index (χ4n) is 3.39. The quantitative estimate of drug-likeness (QED) is 0.476. The monoisotopic (exact) mass is 505 g/mol. The summed E-state index contributed by atoms with van der Waals surface area (Å²) < 4.78 is 36.8. The van der Waals surface area contributed by atoms with Gasteiger partial charge in [0.15, 0.2) is 0 Å². The highest BCUT2D eigenvalue weighted by Crippen LogP contribution is 2.29. The number of nitrogens with zero attached hydrogens (tertiary/aromatic N) is 2. The van der Waals surface area contributed by atoms with Gasteiger partial charge in [-0.2, -0.15) is 0 Å². The average molecular weight is 506 g/mol. The standard InChI is InChI=1S/C25H35N3O6S/c1-18(2)15-26-25(30)19(3)27(16-20-11-13-21(33-4)14-12-20)24(29)17-28(35(6,31)32)22-9-7-8-10-23(22)34-5/h7-14,18-19H,15-17H2,1-6H3,(H,26,30). The Morgan fingerprint density at radius 1 is 0.971 bits per heavy atom. The van der Waals surface area contributed by atoms with Crippen LogP contribution in [0.5, 0.6) is 11.5 Å². The summed E-state index contributed by atoms with van der Waals surface area (Å²) in [6.45, 7) is 5.67. The van der Waals surface area contributed by atoms with Crippen LogP contribution in [0.4, 0.5) is 5.69 Å². The molecule has 192 valence electrons. The van der Waals surface area contributed by atoms with E-state index < -0.39 is 28.5 Å². The largest absolute Gasteiger partial charge is 0.497 e. The van der Waals surface area contributed by atoms with Gasteiger partial charge in [-0.25, -0.2) is 8.42 Å². The van der Waals surface area contributed by atoms with Gasteiger partial charge >= 0.3 is 0 Å². The summed E-state index contributed by atoms with van der Waals surface area (Å²) in [5, 5.41) is 2.85. The highest BCUT2D eigenvalue weighted by molar-refractivity contribution is 7.92. The molecule has 35 heavy (non-hydrogen) atoms. The first-order valence-corrected chi connectivity index (χ1v) is 13.1. The maximum Gasteiger partial charge on any atom is 0.244 e. The Bertz CT molecular complexity index is 1100. The van der Waals surface area contributed by atoms with E-state index in [9.17, 15) is 18.0 Å². The number of carbonyl (C=O) groups is 2. The van der Waals surface area contributed by atoms with E-state index in [2.05, 4.69) is 5.32 Å². The molecule has 0 spiro atoms. The number of rotatable bonds is 12. The highest BCUT2D eigenvalue weighted by atomic mass is 32.2. The minimum absolute atomic E-state index is 0.114. The van der Waals surface area contributed by atoms with E-state index in [4.69, 9.17) is 9.47 Å². The van der Waals surface area contributed by atoms with E-state index in [0.717, 1.165) is 16.1 Å². The zero-order valence-corrected chi connectivity index (χ0v) is 22.0. The smallest absolute Gasteiger partial charge is 0.244 e. The number of amides is 2. The second kappa shape index (κ2) is 12.4. The van der Waals surface area contributed by atoms with Gasteiger partial charge in [-0.3, -0.25) is 13.9 Å². The van der Waals surface area contributed by atoms with Gasteiger partial charge in [0.05, 0.1) is 26.2 Å². The Morgan fingerprint density at radius 2 is 1.60 bits per heavy atom. The molecule has 0 saturated heterocycles. The molecule has 0 bridgehead atoms. The highest BCUT2D eigenvalue weighted by Gasteiger charge is 2.31. The van der Waals surface area contributed by atoms with Crippen LogP contribution in [0.15, 0.2) is 48.5 Å². The first-order chi connectivity index (χ1) is 16.5. The summed E-state index contributed by atoms with van der Waals surface area (Å²) in [5.74, 6) is 0.375. The SMILES string of the molecule is COc1ccc(CN(C(=O)CN(c2ccccc2OC)S(C)(=O)=O)C(C)C(=O)NCC(C)C)cc1. The Kier molecular flexibility index (Phi) is 9.94. The predicted octanol–water partition coefficient (Wildman–Crippen LogP) is 2.66. The van der Waals surface area contributed by atoms with Gasteiger partial charge in [0, 0.05) is 13.1 Å². The summed E-state index contributed by atoms with van der Waals surface area (Å²) in [6, 6.07) is 12.9. The fourth-order valence-corrected chi connectivity index (χ4v) is 4.25. The lowest BCUT2D eigenvalue weighted by atomic mass is 10.1. The molecule has 1 N–H and O–H groups in total. The van der Waals surface area contributed by atoms with E-state index in [1.807, 2.05) is 13.8 Å². The number of methoxy groups -OCH3 is 2. The molecule has 1 unspecified atom stereocenters. The Labute approximate surface area is 208 Å². The summed E-state index contributed by atoms with van der Waals surface area (Å²) in [5.41, 5.74) is 1.01. The van der Waals surface area contributed by atoms with Crippen molar-refractivity contribution in [2.24, 2.45) is 5.92 Å². The maximum absolute atomic E-state index is 13.6. The molecule has 9 nitrogen and oxygen atoms in total. The lowest BCUT2D eigenvalue weighted by Gasteiger charge is -2.32. The predicted molar refractivity (Wildman–Crippen MR) is 136 cm³/mol. The van der Waals surface area contributed by atoms with Crippen LogP contribution < -0.4 is 19.1 Å². The van der Waals surface area contributed by atoms with Crippen LogP contribution in [0.1, 0.15) is 26.3 Å². The molecule has 0 aliphatic heterocycles. The second-order valence-corrected chi connectivity index (χ2v) is 10.5. The zero-order valence-electron chi connectivity index (χ0n) is 21.1. The van der Waals surface area contributed by atoms with Crippen LogP contribution in [0.2, 0.25) is 0 Å². The second-order valence-electron chi connectivity index (χ2n) is 8.63. The first-order valence-electron chi connectivity index (χ1n) is 11.3. The van der Waals surface area contributed by atoms with Crippen LogP contribution in [0, 0.1) is 5.92 Å². The molecule has 0 fully saturated rings. The van der Waals surface area contributed by atoms with Crippen molar-refractivity contribution in [2.45, 2.75) is 33.4 Å². The molecule has 1 atom stereocenters. The third kappa shape index (κ3) is 7.88. The number of carbonyl (C=O) groups excluding carboxylic acids is 2. The van der Waals surface area contributed by atoms with Gasteiger partial charge in [-0.15, -0.1) is 0 Å². The molecule has 2 aromatic carbocycles. The molecular weight excluding hydrogens is 470 g/mol. The lowest BCUT2D eigenvalue weighted by molar-refractivity contribution is -0.139. The molecule has 2 aromatic rings. The summed E-state index contributed by atoms with van der Waals surface area (Å²) in [7, 11) is -0.852. The molecule has 2 amide bonds. The minimum atomic E-state index is -3.84. The number of ether oxygens (including phenoxy) is 2. The van der Waals surface area contributed by atoms with E-state index in [1.54, 1.807) is 62.6 Å². The molecule has 2 rings (SSSR count). The molecule has 0 aromatic heterocycles. The third-order valence-electron chi connectivity index (χ3n) is 5.40. The molecule has 10 heteroatoms. The van der Waals surface area contributed by atoms with E-state index >= 15 is 0 Å². The number of benzene rings is 2. The van der Waals surface area contributed by atoms with E-state index in [-0.39, 0.29) is 24.1 Å². The maximum atomic E-state index is 13.6. The number of nitrogens with one attached hydrogen (secondary N) is 1. The fraction of sp³-hybridized carbons (Fsp3) is 0.440. The van der Waals surface area contributed by atoms with Gasteiger partial charge in [0.25, 0.3) is 0 Å². The van der Waals surface area contributed by atoms with E-state index in [0.29, 0.717) is 18.0 Å². The van der Waals surface area contributed by atoms with Crippen molar-refractivity contribution >= 4 is 27.5 Å². The number of hydrogen-bond donors (Lipinski definition) is 1. The van der Waals surface area contributed by atoms with Crippen molar-refractivity contribution in [3.63, 3.8) is 0 Å². The Balaban J connectivity index is 2.39. The molecule has 0 aliphatic rings. The van der Waals surface area contributed by atoms with Crippen molar-refractivity contribution in [2.75, 3.05) is 37.9 Å². The van der Waals surface area contributed by atoms with Crippen molar-refractivity contribution in [3.8, 4) is 11.5 Å². The third-order valence-corrected chi connectivity index (χ3v) is 6.52. The average Bonchev–Trinajstić information content (AvgIpc) is 2.83. The Hall–Kier alpha value is -3.27. The van der Waals surface area contributed by atoms with Crippen molar-refractivity contribution in [1.29, 1.82) is 0 Å². The molecule has 0 heterocycles. The normalized spacial score (nSPS) is 12.1. The lowest BCUT2D eigenvalue weighted by Crippen LogP contribution is -2.51. The van der Waals surface area contributed by atoms with Gasteiger partial charge in [0.1, 0.15) is 24.1 Å². The van der Waals surface area contributed by atoms with Gasteiger partial charge in [-0.05, 0) is 42.7 Å². The molecule has 0 saturated carbocycles. The van der Waals surface area contributed by atoms with Crippen molar-refractivity contribution < 1.29 is 27.5 Å². The number of sulfonamides is 1. The van der Waals surface area contributed by atoms with Crippen molar-refractivity contribution in [1.82, 2.24) is 10.2 Å². The van der Waals surface area contributed by atoms with Crippen LogP contribution in [0.3, 0.4) is 0 Å². The molecule has 0 radical (unpaired) electrons. The van der Waals surface area contributed by atoms with Gasteiger partial charge in [0.2, 0.25) is 21.8 Å². The van der Waals surface area contributed by atoms with Crippen molar-refractivity contribution in [3.05, 3.63) is 54.1 Å². The Morgan fingerprint density at radius 3 is 2.14 bits per heavy atom. The zero-order chi connectivity index (χ0) is 26.2. The summed E-state index contributed by atoms with van der Waals surface area (Å²) in [4.78, 5) is 27.8. The molecular formula is C25H35N3O6S.